The average molecular weight is 450 g/mol. The number of halogens is 2. The molecule has 0 radical (unpaired) electrons. The van der Waals surface area contributed by atoms with Crippen LogP contribution in [0.2, 0.25) is 10.0 Å². The molecule has 1 atom stereocenters. The third-order valence-corrected chi connectivity index (χ3v) is 6.62. The molecule has 10 heteroatoms. The molecule has 4 rings (SSSR count). The Morgan fingerprint density at radius 1 is 1.36 bits per heavy atom. The number of Topliss-reactive ketones (excluding diaryl/α,β-unsaturated/α-hetero) is 1. The lowest BCUT2D eigenvalue weighted by molar-refractivity contribution is -0.116. The lowest BCUT2D eigenvalue weighted by Crippen LogP contribution is -2.38. The number of aromatic nitrogens is 2. The molecule has 28 heavy (non-hydrogen) atoms. The molecule has 142 valence electrons. The van der Waals surface area contributed by atoms with Gasteiger partial charge >= 0.3 is 0 Å². The van der Waals surface area contributed by atoms with Crippen molar-refractivity contribution in [1.29, 1.82) is 5.26 Å². The van der Waals surface area contributed by atoms with Crippen LogP contribution in [0.15, 0.2) is 40.9 Å². The highest BCUT2D eigenvalue weighted by Crippen LogP contribution is 2.47. The van der Waals surface area contributed by atoms with E-state index in [4.69, 9.17) is 41.2 Å². The number of anilines is 1. The quantitative estimate of drug-likeness (QED) is 0.637. The van der Waals surface area contributed by atoms with Crippen molar-refractivity contribution in [3.05, 3.63) is 60.4 Å². The molecule has 0 amide bonds. The van der Waals surface area contributed by atoms with Gasteiger partial charge in [-0.25, -0.2) is 0 Å². The van der Waals surface area contributed by atoms with Gasteiger partial charge in [0, 0.05) is 17.7 Å². The number of benzene rings is 1. The Hall–Kier alpha value is -2.18. The SMILES string of the molecule is N#CC1=C(N)N(c2n[nH]c(=S)s2)C2=C(C(=O)CCC2)C1c1ccc(Cl)c(Cl)c1. The highest BCUT2D eigenvalue weighted by atomic mass is 35.5. The maximum Gasteiger partial charge on any atom is 0.216 e. The van der Waals surface area contributed by atoms with Crippen LogP contribution in [-0.4, -0.2) is 16.0 Å². The van der Waals surface area contributed by atoms with E-state index in [2.05, 4.69) is 16.3 Å². The predicted molar refractivity (Wildman–Crippen MR) is 112 cm³/mol. The van der Waals surface area contributed by atoms with Crippen LogP contribution in [0.3, 0.4) is 0 Å². The smallest absolute Gasteiger partial charge is 0.216 e. The normalized spacial score (nSPS) is 19.7. The number of carbonyl (C=O) groups is 1. The van der Waals surface area contributed by atoms with Gasteiger partial charge in [0.1, 0.15) is 5.82 Å². The van der Waals surface area contributed by atoms with Crippen molar-refractivity contribution in [1.82, 2.24) is 10.2 Å². The van der Waals surface area contributed by atoms with E-state index in [1.165, 1.54) is 11.3 Å². The van der Waals surface area contributed by atoms with E-state index >= 15 is 0 Å². The van der Waals surface area contributed by atoms with Gasteiger partial charge in [0.25, 0.3) is 0 Å². The molecular formula is C18H13Cl2N5OS2. The van der Waals surface area contributed by atoms with Crippen LogP contribution in [-0.2, 0) is 4.79 Å². The largest absolute Gasteiger partial charge is 0.384 e. The Bertz CT molecular complexity index is 1160. The molecule has 0 spiro atoms. The summed E-state index contributed by atoms with van der Waals surface area (Å²) in [4.78, 5) is 14.6. The maximum atomic E-state index is 13.0. The summed E-state index contributed by atoms with van der Waals surface area (Å²) in [5, 5.41) is 18.1. The minimum atomic E-state index is -0.592. The van der Waals surface area contributed by atoms with Crippen molar-refractivity contribution in [2.24, 2.45) is 5.73 Å². The summed E-state index contributed by atoms with van der Waals surface area (Å²) in [6, 6.07) is 7.29. The first kappa shape index (κ1) is 19.2. The number of nitrogens with two attached hydrogens (primary N) is 1. The summed E-state index contributed by atoms with van der Waals surface area (Å²) in [6.07, 6.45) is 1.76. The van der Waals surface area contributed by atoms with E-state index in [0.717, 1.165) is 5.70 Å². The minimum absolute atomic E-state index is 0.0123. The molecule has 6 nitrogen and oxygen atoms in total. The Morgan fingerprint density at radius 2 is 2.14 bits per heavy atom. The summed E-state index contributed by atoms with van der Waals surface area (Å²) in [7, 11) is 0. The van der Waals surface area contributed by atoms with Crippen LogP contribution in [0.1, 0.15) is 30.7 Å². The molecule has 0 saturated carbocycles. The summed E-state index contributed by atoms with van der Waals surface area (Å²) in [5.41, 5.74) is 8.70. The molecule has 3 N–H and O–H groups in total. The Balaban J connectivity index is 1.98. The fraction of sp³-hybridized carbons (Fsp3) is 0.222. The number of H-pyrrole nitrogens is 1. The number of aromatic amines is 1. The predicted octanol–water partition coefficient (Wildman–Crippen LogP) is 4.81. The second kappa shape index (κ2) is 7.33. The van der Waals surface area contributed by atoms with Crippen molar-refractivity contribution in [2.45, 2.75) is 25.2 Å². The van der Waals surface area contributed by atoms with E-state index in [-0.39, 0.29) is 17.2 Å². The molecule has 1 aliphatic heterocycles. The molecule has 2 aliphatic rings. The molecule has 2 heterocycles. The zero-order valence-corrected chi connectivity index (χ0v) is 17.5. The van der Waals surface area contributed by atoms with Crippen LogP contribution < -0.4 is 10.6 Å². The van der Waals surface area contributed by atoms with Gasteiger partial charge in [-0.2, -0.15) is 5.26 Å². The number of hydrogen-bond donors (Lipinski definition) is 2. The number of ketones is 1. The number of nitrogens with zero attached hydrogens (tertiary/aromatic N) is 3. The monoisotopic (exact) mass is 449 g/mol. The second-order valence-electron chi connectivity index (χ2n) is 6.39. The van der Waals surface area contributed by atoms with Gasteiger partial charge in [-0.15, -0.1) is 5.10 Å². The van der Waals surface area contributed by atoms with Crippen LogP contribution in [0.4, 0.5) is 5.13 Å². The van der Waals surface area contributed by atoms with Gasteiger partial charge in [-0.3, -0.25) is 14.8 Å². The lowest BCUT2D eigenvalue weighted by Gasteiger charge is -2.38. The second-order valence-corrected chi connectivity index (χ2v) is 8.84. The van der Waals surface area contributed by atoms with Crippen LogP contribution >= 0.6 is 46.8 Å². The van der Waals surface area contributed by atoms with Crippen molar-refractivity contribution in [2.75, 3.05) is 4.90 Å². The van der Waals surface area contributed by atoms with Gasteiger partial charge in [-0.1, -0.05) is 40.6 Å². The van der Waals surface area contributed by atoms with Gasteiger partial charge in [0.2, 0.25) is 5.13 Å². The molecule has 1 aromatic heterocycles. The standard InChI is InChI=1S/C18H13Cl2N5OS2/c19-10-5-4-8(6-11(10)20)14-9(7-21)16(22)25(17-23-24-18(27)28-17)12-2-1-3-13(26)15(12)14/h4-6,14H,1-3,22H2,(H,24,27). The fourth-order valence-electron chi connectivity index (χ4n) is 3.65. The topological polar surface area (TPSA) is 98.8 Å². The summed E-state index contributed by atoms with van der Waals surface area (Å²) < 4.78 is 0.484. The molecule has 1 aliphatic carbocycles. The zero-order valence-electron chi connectivity index (χ0n) is 14.3. The Labute approximate surface area is 179 Å². The summed E-state index contributed by atoms with van der Waals surface area (Å²) in [6.45, 7) is 0. The van der Waals surface area contributed by atoms with Gasteiger partial charge < -0.3 is 5.73 Å². The van der Waals surface area contributed by atoms with Crippen LogP contribution in [0, 0.1) is 15.3 Å². The number of rotatable bonds is 2. The fourth-order valence-corrected chi connectivity index (χ4v) is 4.87. The molecule has 1 unspecified atom stereocenters. The zero-order chi connectivity index (χ0) is 20.0. The molecule has 1 aromatic carbocycles. The highest BCUT2D eigenvalue weighted by Gasteiger charge is 2.41. The maximum absolute atomic E-state index is 13.0. The van der Waals surface area contributed by atoms with E-state index in [9.17, 15) is 10.1 Å². The van der Waals surface area contributed by atoms with E-state index in [0.29, 0.717) is 49.5 Å². The Kier molecular flexibility index (Phi) is 5.02. The summed E-state index contributed by atoms with van der Waals surface area (Å²) in [5.74, 6) is -0.364. The molecular weight excluding hydrogens is 437 g/mol. The molecule has 0 fully saturated rings. The average Bonchev–Trinajstić information content (AvgIpc) is 3.09. The van der Waals surface area contributed by atoms with Crippen molar-refractivity contribution in [3.63, 3.8) is 0 Å². The number of carbonyl (C=O) groups excluding carboxylic acids is 1. The van der Waals surface area contributed by atoms with Gasteiger partial charge in [-0.05, 0) is 42.8 Å². The highest BCUT2D eigenvalue weighted by molar-refractivity contribution is 7.73. The van der Waals surface area contributed by atoms with Crippen molar-refractivity contribution in [3.8, 4) is 6.07 Å². The molecule has 0 bridgehead atoms. The lowest BCUT2D eigenvalue weighted by atomic mass is 9.76. The minimum Gasteiger partial charge on any atom is -0.384 e. The molecule has 0 saturated heterocycles. The Morgan fingerprint density at radius 3 is 2.79 bits per heavy atom. The van der Waals surface area contributed by atoms with Crippen molar-refractivity contribution >= 4 is 57.7 Å². The third kappa shape index (κ3) is 3.05. The number of nitriles is 1. The first-order chi connectivity index (χ1) is 13.4. The molecule has 2 aromatic rings. The van der Waals surface area contributed by atoms with Gasteiger partial charge in [0.15, 0.2) is 9.74 Å². The first-order valence-corrected chi connectivity index (χ1v) is 10.4. The number of hydrogen-bond acceptors (Lipinski definition) is 7. The van der Waals surface area contributed by atoms with Gasteiger partial charge in [0.05, 0.1) is 27.6 Å². The third-order valence-electron chi connectivity index (χ3n) is 4.81. The number of nitrogens with one attached hydrogen (secondary N) is 1. The van der Waals surface area contributed by atoms with Crippen LogP contribution in [0.25, 0.3) is 0 Å². The first-order valence-electron chi connectivity index (χ1n) is 8.39. The number of allylic oxidation sites excluding steroid dienone is 3. The van der Waals surface area contributed by atoms with Crippen LogP contribution in [0.5, 0.6) is 0 Å². The van der Waals surface area contributed by atoms with E-state index < -0.39 is 5.92 Å². The van der Waals surface area contributed by atoms with E-state index in [1.54, 1.807) is 23.1 Å². The van der Waals surface area contributed by atoms with E-state index in [1.807, 2.05) is 0 Å². The summed E-state index contributed by atoms with van der Waals surface area (Å²) >= 11 is 18.6. The van der Waals surface area contributed by atoms with Crippen molar-refractivity contribution < 1.29 is 4.79 Å².